The van der Waals surface area contributed by atoms with E-state index in [1.165, 1.54) is 4.90 Å². The number of ether oxygens (including phenoxy) is 1. The number of Topliss-reactive ketones (excluding diaryl/α,β-unsaturated/α-hetero) is 1. The van der Waals surface area contributed by atoms with E-state index >= 15 is 0 Å². The lowest BCUT2D eigenvalue weighted by Gasteiger charge is -2.26. The maximum absolute atomic E-state index is 13.4. The topological polar surface area (TPSA) is 66.8 Å². The highest BCUT2D eigenvalue weighted by Gasteiger charge is 2.47. The van der Waals surface area contributed by atoms with Gasteiger partial charge in [0.1, 0.15) is 11.5 Å². The van der Waals surface area contributed by atoms with Crippen LogP contribution >= 0.6 is 0 Å². The quantitative estimate of drug-likeness (QED) is 0.240. The Bertz CT molecular complexity index is 1300. The van der Waals surface area contributed by atoms with E-state index in [1.807, 2.05) is 56.3 Å². The van der Waals surface area contributed by atoms with E-state index in [0.29, 0.717) is 17.9 Å². The molecule has 0 bridgehead atoms. The summed E-state index contributed by atoms with van der Waals surface area (Å²) < 4.78 is 5.76. The number of anilines is 1. The van der Waals surface area contributed by atoms with Crippen LogP contribution in [0, 0.1) is 6.92 Å². The van der Waals surface area contributed by atoms with Crippen LogP contribution in [0.4, 0.5) is 5.69 Å². The van der Waals surface area contributed by atoms with Crippen LogP contribution in [0.3, 0.4) is 0 Å². The monoisotopic (exact) mass is 483 g/mol. The highest BCUT2D eigenvalue weighted by molar-refractivity contribution is 6.51. The van der Waals surface area contributed by atoms with E-state index in [0.717, 1.165) is 28.9 Å². The lowest BCUT2D eigenvalue weighted by Crippen LogP contribution is -2.29. The minimum atomic E-state index is -0.752. The predicted octanol–water partition coefficient (Wildman–Crippen LogP) is 6.71. The van der Waals surface area contributed by atoms with Gasteiger partial charge in [0, 0.05) is 11.3 Å². The Morgan fingerprint density at radius 1 is 0.972 bits per heavy atom. The summed E-state index contributed by atoms with van der Waals surface area (Å²) >= 11 is 0. The molecule has 0 aliphatic carbocycles. The largest absolute Gasteiger partial charge is 0.507 e. The predicted molar refractivity (Wildman–Crippen MR) is 143 cm³/mol. The van der Waals surface area contributed by atoms with Gasteiger partial charge >= 0.3 is 0 Å². The summed E-state index contributed by atoms with van der Waals surface area (Å²) in [5.74, 6) is -0.827. The van der Waals surface area contributed by atoms with Gasteiger partial charge in [0.05, 0.1) is 18.2 Å². The molecule has 4 rings (SSSR count). The molecule has 1 aliphatic heterocycles. The molecule has 36 heavy (non-hydrogen) atoms. The van der Waals surface area contributed by atoms with Crippen LogP contribution in [0.1, 0.15) is 62.4 Å². The van der Waals surface area contributed by atoms with Crippen molar-refractivity contribution in [1.29, 1.82) is 0 Å². The number of nitrogens with zero attached hydrogens (tertiary/aromatic N) is 1. The van der Waals surface area contributed by atoms with Crippen molar-refractivity contribution in [3.63, 3.8) is 0 Å². The number of hydrogen-bond acceptors (Lipinski definition) is 4. The number of benzene rings is 3. The first kappa shape index (κ1) is 25.2. The van der Waals surface area contributed by atoms with E-state index < -0.39 is 17.7 Å². The van der Waals surface area contributed by atoms with Gasteiger partial charge < -0.3 is 9.84 Å². The van der Waals surface area contributed by atoms with Gasteiger partial charge in [-0.15, -0.1) is 0 Å². The molecule has 0 radical (unpaired) electrons. The van der Waals surface area contributed by atoms with Crippen molar-refractivity contribution in [2.75, 3.05) is 11.5 Å². The first-order valence-corrected chi connectivity index (χ1v) is 12.3. The number of aliphatic hydroxyl groups is 1. The summed E-state index contributed by atoms with van der Waals surface area (Å²) in [5, 5.41) is 11.4. The molecule has 1 N–H and O–H groups in total. The number of rotatable bonds is 6. The zero-order valence-corrected chi connectivity index (χ0v) is 21.5. The fourth-order valence-electron chi connectivity index (χ4n) is 4.49. The number of ketones is 1. The lowest BCUT2D eigenvalue weighted by atomic mass is 9.85. The normalized spacial score (nSPS) is 17.5. The van der Waals surface area contributed by atoms with Gasteiger partial charge in [0.15, 0.2) is 0 Å². The van der Waals surface area contributed by atoms with Crippen molar-refractivity contribution in [3.05, 3.63) is 101 Å². The van der Waals surface area contributed by atoms with Gasteiger partial charge in [-0.05, 0) is 65.8 Å². The first-order valence-electron chi connectivity index (χ1n) is 12.3. The zero-order chi connectivity index (χ0) is 26.0. The molecule has 3 aromatic rings. The molecule has 1 heterocycles. The van der Waals surface area contributed by atoms with E-state index in [1.54, 1.807) is 30.3 Å². The standard InChI is InChI=1S/C31H33NO4/c1-6-18-36-25-17-14-22(19-20(25)2)28(33)26-27(21-12-15-23(16-13-21)31(3,4)5)32(30(35)29(26)34)24-10-8-7-9-11-24/h7-17,19,27,33H,6,18H2,1-5H3/b28-26-. The fraction of sp³-hybridized carbons (Fsp3) is 0.290. The van der Waals surface area contributed by atoms with Gasteiger partial charge in [-0.25, -0.2) is 0 Å². The van der Waals surface area contributed by atoms with Crippen LogP contribution < -0.4 is 9.64 Å². The Morgan fingerprint density at radius 2 is 1.64 bits per heavy atom. The summed E-state index contributed by atoms with van der Waals surface area (Å²) in [5.41, 5.74) is 3.85. The highest BCUT2D eigenvalue weighted by atomic mass is 16.5. The Hall–Kier alpha value is -3.86. The third kappa shape index (κ3) is 4.78. The van der Waals surface area contributed by atoms with Crippen LogP contribution in [-0.2, 0) is 15.0 Å². The maximum Gasteiger partial charge on any atom is 0.300 e. The van der Waals surface area contributed by atoms with E-state index in [-0.39, 0.29) is 16.7 Å². The van der Waals surface area contributed by atoms with Crippen molar-refractivity contribution in [1.82, 2.24) is 0 Å². The molecule has 0 spiro atoms. The fourth-order valence-corrected chi connectivity index (χ4v) is 4.49. The first-order chi connectivity index (χ1) is 17.1. The van der Waals surface area contributed by atoms with Crippen molar-refractivity contribution >= 4 is 23.1 Å². The molecule has 5 nitrogen and oxygen atoms in total. The highest BCUT2D eigenvalue weighted by Crippen LogP contribution is 2.42. The van der Waals surface area contributed by atoms with Gasteiger partial charge in [-0.3, -0.25) is 14.5 Å². The number of amides is 1. The number of carbonyl (C=O) groups excluding carboxylic acids is 2. The van der Waals surface area contributed by atoms with Gasteiger partial charge in [0.25, 0.3) is 11.7 Å². The Labute approximate surface area is 213 Å². The third-order valence-corrected chi connectivity index (χ3v) is 6.48. The second kappa shape index (κ2) is 10.0. The van der Waals surface area contributed by atoms with Crippen LogP contribution in [0.5, 0.6) is 5.75 Å². The number of hydrogen-bond donors (Lipinski definition) is 1. The van der Waals surface area contributed by atoms with E-state index in [9.17, 15) is 14.7 Å². The van der Waals surface area contributed by atoms with Crippen LogP contribution in [0.15, 0.2) is 78.4 Å². The summed E-state index contributed by atoms with van der Waals surface area (Å²) in [4.78, 5) is 28.2. The molecule has 1 atom stereocenters. The minimum absolute atomic E-state index is 0.0428. The Kier molecular flexibility index (Phi) is 7.02. The molecule has 0 aromatic heterocycles. The molecular weight excluding hydrogens is 450 g/mol. The smallest absolute Gasteiger partial charge is 0.300 e. The lowest BCUT2D eigenvalue weighted by molar-refractivity contribution is -0.132. The van der Waals surface area contributed by atoms with E-state index in [2.05, 4.69) is 20.8 Å². The van der Waals surface area contributed by atoms with Crippen molar-refractivity contribution in [2.24, 2.45) is 0 Å². The van der Waals surface area contributed by atoms with Crippen LogP contribution in [0.2, 0.25) is 0 Å². The van der Waals surface area contributed by atoms with Gasteiger partial charge in [-0.1, -0.05) is 70.2 Å². The molecule has 3 aromatic carbocycles. The summed E-state index contributed by atoms with van der Waals surface area (Å²) in [7, 11) is 0. The average Bonchev–Trinajstić information content (AvgIpc) is 3.13. The van der Waals surface area contributed by atoms with E-state index in [4.69, 9.17) is 4.74 Å². The minimum Gasteiger partial charge on any atom is -0.507 e. The number of carbonyl (C=O) groups is 2. The molecule has 1 amide bonds. The number of aryl methyl sites for hydroxylation is 1. The number of aliphatic hydroxyl groups excluding tert-OH is 1. The number of para-hydroxylation sites is 1. The molecule has 0 saturated carbocycles. The second-order valence-corrected chi connectivity index (χ2v) is 10.2. The second-order valence-electron chi connectivity index (χ2n) is 10.2. The molecule has 1 aliphatic rings. The molecular formula is C31H33NO4. The maximum atomic E-state index is 13.4. The van der Waals surface area contributed by atoms with Gasteiger partial charge in [-0.2, -0.15) is 0 Å². The summed E-state index contributed by atoms with van der Waals surface area (Å²) in [6, 6.07) is 21.6. The zero-order valence-electron chi connectivity index (χ0n) is 21.5. The molecule has 186 valence electrons. The molecule has 5 heteroatoms. The molecule has 1 fully saturated rings. The van der Waals surface area contributed by atoms with Crippen molar-refractivity contribution in [3.8, 4) is 5.75 Å². The van der Waals surface area contributed by atoms with Crippen molar-refractivity contribution in [2.45, 2.75) is 52.5 Å². The summed E-state index contributed by atoms with van der Waals surface area (Å²) in [6.07, 6.45) is 0.887. The Balaban J connectivity index is 1.87. The average molecular weight is 484 g/mol. The molecule has 1 unspecified atom stereocenters. The van der Waals surface area contributed by atoms with Crippen LogP contribution in [0.25, 0.3) is 5.76 Å². The summed E-state index contributed by atoms with van der Waals surface area (Å²) in [6.45, 7) is 10.9. The SMILES string of the molecule is CCCOc1ccc(/C(O)=C2/C(=O)C(=O)N(c3ccccc3)C2c2ccc(C(C)(C)C)cc2)cc1C. The van der Waals surface area contributed by atoms with Crippen molar-refractivity contribution < 1.29 is 19.4 Å². The van der Waals surface area contributed by atoms with Crippen LogP contribution in [-0.4, -0.2) is 23.4 Å². The third-order valence-electron chi connectivity index (χ3n) is 6.48. The molecule has 1 saturated heterocycles. The van der Waals surface area contributed by atoms with Gasteiger partial charge in [0.2, 0.25) is 0 Å². The Morgan fingerprint density at radius 3 is 2.22 bits per heavy atom.